The lowest BCUT2D eigenvalue weighted by molar-refractivity contribution is -0.175. The summed E-state index contributed by atoms with van der Waals surface area (Å²) in [7, 11) is 1.59. The third-order valence-electron chi connectivity index (χ3n) is 1.05. The van der Waals surface area contributed by atoms with E-state index in [1.54, 1.807) is 13.1 Å². The molecule has 0 radical (unpaired) electrons. The minimum absolute atomic E-state index is 0.0935. The quantitative estimate of drug-likeness (QED) is 0.369. The number of hydroxylamine groups is 2. The van der Waals surface area contributed by atoms with Crippen molar-refractivity contribution >= 4 is 5.91 Å². The summed E-state index contributed by atoms with van der Waals surface area (Å²) in [4.78, 5) is 15.5. The van der Waals surface area contributed by atoms with Crippen LogP contribution in [0.3, 0.4) is 0 Å². The molecule has 0 aromatic carbocycles. The summed E-state index contributed by atoms with van der Waals surface area (Å²) < 4.78 is 0. The predicted octanol–water partition coefficient (Wildman–Crippen LogP) is 2.00. The Hall–Kier alpha value is -0.830. The van der Waals surface area contributed by atoms with Crippen molar-refractivity contribution in [1.29, 1.82) is 0 Å². The first kappa shape index (κ1) is 13.7. The number of rotatable bonds is 4. The van der Waals surface area contributed by atoms with E-state index in [-0.39, 0.29) is 5.91 Å². The van der Waals surface area contributed by atoms with E-state index in [9.17, 15) is 4.79 Å². The lowest BCUT2D eigenvalue weighted by Gasteiger charge is -2.12. The highest BCUT2D eigenvalue weighted by molar-refractivity contribution is 5.71. The Morgan fingerprint density at radius 3 is 2.42 bits per heavy atom. The van der Waals surface area contributed by atoms with Gasteiger partial charge in [0.25, 0.3) is 0 Å². The standard InChI is InChI=1S/C7H13NO2.C2H6/c1-4-5-6-10-8(3)7(2)9;1-2/h4H,1,5-6H2,2-3H3;1-2H3. The van der Waals surface area contributed by atoms with E-state index in [4.69, 9.17) is 4.84 Å². The first-order valence-electron chi connectivity index (χ1n) is 4.16. The van der Waals surface area contributed by atoms with Gasteiger partial charge in [-0.15, -0.1) is 6.58 Å². The lowest BCUT2D eigenvalue weighted by Crippen LogP contribution is -2.24. The summed E-state index contributed by atoms with van der Waals surface area (Å²) in [5.74, 6) is -0.0935. The average Bonchev–Trinajstić information content (AvgIpc) is 2.08. The predicted molar refractivity (Wildman–Crippen MR) is 50.6 cm³/mol. The molecule has 0 rings (SSSR count). The van der Waals surface area contributed by atoms with Gasteiger partial charge in [0.1, 0.15) is 0 Å². The molecule has 3 nitrogen and oxygen atoms in total. The van der Waals surface area contributed by atoms with Crippen molar-refractivity contribution in [3.05, 3.63) is 12.7 Å². The summed E-state index contributed by atoms with van der Waals surface area (Å²) in [6, 6.07) is 0. The molecule has 0 N–H and O–H groups in total. The highest BCUT2D eigenvalue weighted by Crippen LogP contribution is 1.88. The van der Waals surface area contributed by atoms with E-state index in [1.807, 2.05) is 13.8 Å². The van der Waals surface area contributed by atoms with Crippen LogP contribution in [-0.2, 0) is 9.63 Å². The van der Waals surface area contributed by atoms with Gasteiger partial charge in [-0.2, -0.15) is 0 Å². The molecule has 0 unspecified atom stereocenters. The second-order valence-electron chi connectivity index (χ2n) is 1.93. The minimum atomic E-state index is -0.0935. The lowest BCUT2D eigenvalue weighted by atomic mass is 10.5. The molecule has 0 aliphatic heterocycles. The molecule has 0 aliphatic carbocycles. The molecule has 0 bridgehead atoms. The van der Waals surface area contributed by atoms with Crippen molar-refractivity contribution in [3.8, 4) is 0 Å². The van der Waals surface area contributed by atoms with Gasteiger partial charge in [-0.05, 0) is 6.42 Å². The van der Waals surface area contributed by atoms with Crippen molar-refractivity contribution in [3.63, 3.8) is 0 Å². The molecule has 3 heteroatoms. The van der Waals surface area contributed by atoms with Gasteiger partial charge >= 0.3 is 0 Å². The molecule has 0 saturated carbocycles. The number of carbonyl (C=O) groups is 1. The number of amides is 1. The fraction of sp³-hybridized carbons (Fsp3) is 0.667. The maximum atomic E-state index is 10.5. The largest absolute Gasteiger partial charge is 0.273 e. The van der Waals surface area contributed by atoms with Crippen LogP contribution in [0.25, 0.3) is 0 Å². The zero-order valence-corrected chi connectivity index (χ0v) is 8.46. The summed E-state index contributed by atoms with van der Waals surface area (Å²) >= 11 is 0. The van der Waals surface area contributed by atoms with E-state index < -0.39 is 0 Å². The normalized spacial score (nSPS) is 8.00. The molecule has 0 aromatic rings. The third-order valence-corrected chi connectivity index (χ3v) is 1.05. The van der Waals surface area contributed by atoms with Crippen molar-refractivity contribution in [1.82, 2.24) is 5.06 Å². The van der Waals surface area contributed by atoms with Gasteiger partial charge in [-0.3, -0.25) is 9.63 Å². The third kappa shape index (κ3) is 9.17. The molecular weight excluding hydrogens is 154 g/mol. The van der Waals surface area contributed by atoms with Crippen molar-refractivity contribution in [2.45, 2.75) is 27.2 Å². The van der Waals surface area contributed by atoms with E-state index in [1.165, 1.54) is 12.0 Å². The Balaban J connectivity index is 0. The Kier molecular flexibility index (Phi) is 11.6. The van der Waals surface area contributed by atoms with Crippen molar-refractivity contribution in [2.75, 3.05) is 13.7 Å². The van der Waals surface area contributed by atoms with Crippen LogP contribution in [0, 0.1) is 0 Å². The second kappa shape index (κ2) is 10.2. The van der Waals surface area contributed by atoms with Crippen LogP contribution < -0.4 is 0 Å². The van der Waals surface area contributed by atoms with Gasteiger partial charge in [-0.1, -0.05) is 19.9 Å². The summed E-state index contributed by atoms with van der Waals surface area (Å²) in [5, 5.41) is 1.21. The second-order valence-corrected chi connectivity index (χ2v) is 1.93. The van der Waals surface area contributed by atoms with Crippen LogP contribution >= 0.6 is 0 Å². The van der Waals surface area contributed by atoms with Gasteiger partial charge in [0.05, 0.1) is 6.61 Å². The number of hydrogen-bond acceptors (Lipinski definition) is 2. The van der Waals surface area contributed by atoms with E-state index in [2.05, 4.69) is 6.58 Å². The Labute approximate surface area is 75.0 Å². The first-order valence-corrected chi connectivity index (χ1v) is 4.16. The van der Waals surface area contributed by atoms with Crippen molar-refractivity contribution in [2.24, 2.45) is 0 Å². The van der Waals surface area contributed by atoms with Crippen LogP contribution in [0.2, 0.25) is 0 Å². The Morgan fingerprint density at radius 2 is 2.08 bits per heavy atom. The summed E-state index contributed by atoms with van der Waals surface area (Å²) in [6.07, 6.45) is 2.51. The van der Waals surface area contributed by atoms with Gasteiger partial charge in [0.2, 0.25) is 5.91 Å². The van der Waals surface area contributed by atoms with Crippen LogP contribution in [-0.4, -0.2) is 24.6 Å². The van der Waals surface area contributed by atoms with Gasteiger partial charge in [0, 0.05) is 14.0 Å². The highest BCUT2D eigenvalue weighted by Gasteiger charge is 1.99. The molecular formula is C9H19NO2. The molecule has 72 valence electrons. The zero-order valence-electron chi connectivity index (χ0n) is 8.46. The topological polar surface area (TPSA) is 29.5 Å². The zero-order chi connectivity index (χ0) is 9.98. The minimum Gasteiger partial charge on any atom is -0.273 e. The number of hydrogen-bond donors (Lipinski definition) is 0. The van der Waals surface area contributed by atoms with Gasteiger partial charge in [0.15, 0.2) is 0 Å². The van der Waals surface area contributed by atoms with Crippen LogP contribution in [0.1, 0.15) is 27.2 Å². The van der Waals surface area contributed by atoms with Gasteiger partial charge < -0.3 is 0 Å². The summed E-state index contributed by atoms with van der Waals surface area (Å²) in [6.45, 7) is 9.48. The SMILES string of the molecule is C=CCCON(C)C(C)=O.CC. The van der Waals surface area contributed by atoms with E-state index in [0.29, 0.717) is 6.61 Å². The molecule has 0 fully saturated rings. The first-order chi connectivity index (χ1) is 5.68. The van der Waals surface area contributed by atoms with Crippen LogP contribution in [0.4, 0.5) is 0 Å². The smallest absolute Gasteiger partial charge is 0.242 e. The van der Waals surface area contributed by atoms with E-state index >= 15 is 0 Å². The van der Waals surface area contributed by atoms with Gasteiger partial charge in [-0.25, -0.2) is 5.06 Å². The fourth-order valence-electron chi connectivity index (χ4n) is 0.364. The molecule has 12 heavy (non-hydrogen) atoms. The average molecular weight is 173 g/mol. The fourth-order valence-corrected chi connectivity index (χ4v) is 0.364. The van der Waals surface area contributed by atoms with Crippen molar-refractivity contribution < 1.29 is 9.63 Å². The number of nitrogens with zero attached hydrogens (tertiary/aromatic N) is 1. The number of carbonyl (C=O) groups excluding carboxylic acids is 1. The monoisotopic (exact) mass is 173 g/mol. The molecule has 0 aliphatic rings. The molecule has 0 atom stereocenters. The van der Waals surface area contributed by atoms with Crippen LogP contribution in [0.5, 0.6) is 0 Å². The Bertz CT molecular complexity index is 124. The maximum absolute atomic E-state index is 10.5. The maximum Gasteiger partial charge on any atom is 0.242 e. The van der Waals surface area contributed by atoms with Crippen LogP contribution in [0.15, 0.2) is 12.7 Å². The Morgan fingerprint density at radius 1 is 1.58 bits per heavy atom. The van der Waals surface area contributed by atoms with E-state index in [0.717, 1.165) is 6.42 Å². The molecule has 0 spiro atoms. The molecule has 0 saturated heterocycles. The summed E-state index contributed by atoms with van der Waals surface area (Å²) in [5.41, 5.74) is 0. The molecule has 1 amide bonds. The molecule has 0 aromatic heterocycles. The highest BCUT2D eigenvalue weighted by atomic mass is 16.7. The molecule has 0 heterocycles.